The number of hydrogen-bond acceptors (Lipinski definition) is 3. The van der Waals surface area contributed by atoms with Gasteiger partial charge < -0.3 is 5.32 Å². The van der Waals surface area contributed by atoms with Crippen molar-refractivity contribution in [2.45, 2.75) is 19.6 Å². The molecule has 0 aliphatic rings. The first kappa shape index (κ1) is 19.4. The Morgan fingerprint density at radius 3 is 2.33 bits per heavy atom. The van der Waals surface area contributed by atoms with Crippen LogP contribution in [-0.4, -0.2) is 10.9 Å². The minimum Gasteiger partial charge on any atom is -0.347 e. The third-order valence-corrected chi connectivity index (χ3v) is 5.33. The number of hydrogen-bond donors (Lipinski definition) is 1. The summed E-state index contributed by atoms with van der Waals surface area (Å²) in [5.74, 6) is -0.240. The fourth-order valence-electron chi connectivity index (χ4n) is 2.38. The van der Waals surface area contributed by atoms with Crippen LogP contribution in [0.25, 0.3) is 10.6 Å². The zero-order chi connectivity index (χ0) is 19.6. The van der Waals surface area contributed by atoms with E-state index in [1.165, 1.54) is 23.5 Å². The molecule has 27 heavy (non-hydrogen) atoms. The molecular formula is C19H14ClF3N2OS. The Morgan fingerprint density at radius 1 is 1.11 bits per heavy atom. The van der Waals surface area contributed by atoms with Gasteiger partial charge in [-0.05, 0) is 43.3 Å². The number of nitrogens with one attached hydrogen (secondary N) is 1. The Kier molecular flexibility index (Phi) is 5.53. The number of aromatic nitrogens is 1. The maximum atomic E-state index is 12.7. The number of benzene rings is 2. The molecule has 8 heteroatoms. The average Bonchev–Trinajstić information content (AvgIpc) is 3.00. The quantitative estimate of drug-likeness (QED) is 0.597. The van der Waals surface area contributed by atoms with Gasteiger partial charge in [0.1, 0.15) is 5.01 Å². The van der Waals surface area contributed by atoms with Gasteiger partial charge in [0.15, 0.2) is 0 Å². The van der Waals surface area contributed by atoms with Gasteiger partial charge in [-0.25, -0.2) is 4.98 Å². The number of alkyl halides is 3. The van der Waals surface area contributed by atoms with Crippen molar-refractivity contribution >= 4 is 28.8 Å². The van der Waals surface area contributed by atoms with E-state index in [2.05, 4.69) is 10.3 Å². The fraction of sp³-hybridized carbons (Fsp3) is 0.158. The van der Waals surface area contributed by atoms with E-state index in [0.717, 1.165) is 22.7 Å². The summed E-state index contributed by atoms with van der Waals surface area (Å²) in [4.78, 5) is 17.4. The van der Waals surface area contributed by atoms with E-state index in [0.29, 0.717) is 21.2 Å². The van der Waals surface area contributed by atoms with Crippen molar-refractivity contribution in [3.63, 3.8) is 0 Å². The van der Waals surface area contributed by atoms with E-state index in [1.54, 1.807) is 31.2 Å². The lowest BCUT2D eigenvalue weighted by atomic mass is 10.1. The second-order valence-corrected chi connectivity index (χ2v) is 7.31. The summed E-state index contributed by atoms with van der Waals surface area (Å²) in [5.41, 5.74) is 1.12. The van der Waals surface area contributed by atoms with Crippen LogP contribution >= 0.6 is 22.9 Å². The van der Waals surface area contributed by atoms with E-state index in [4.69, 9.17) is 11.6 Å². The van der Waals surface area contributed by atoms with Crippen molar-refractivity contribution in [1.29, 1.82) is 0 Å². The first-order valence-electron chi connectivity index (χ1n) is 7.92. The van der Waals surface area contributed by atoms with Crippen LogP contribution in [0.15, 0.2) is 48.5 Å². The minimum atomic E-state index is -4.37. The maximum absolute atomic E-state index is 12.7. The number of thiazole rings is 1. The Bertz CT molecular complexity index is 951. The highest BCUT2D eigenvalue weighted by atomic mass is 35.5. The Labute approximate surface area is 162 Å². The first-order chi connectivity index (χ1) is 12.7. The van der Waals surface area contributed by atoms with Gasteiger partial charge in [0, 0.05) is 21.0 Å². The van der Waals surface area contributed by atoms with E-state index in [1.807, 2.05) is 0 Å². The van der Waals surface area contributed by atoms with Crippen molar-refractivity contribution in [2.24, 2.45) is 0 Å². The number of halogens is 4. The van der Waals surface area contributed by atoms with E-state index >= 15 is 0 Å². The maximum Gasteiger partial charge on any atom is 0.416 e. The van der Waals surface area contributed by atoms with Crippen LogP contribution in [0.3, 0.4) is 0 Å². The van der Waals surface area contributed by atoms with Crippen LogP contribution in [0.1, 0.15) is 26.5 Å². The van der Waals surface area contributed by atoms with Crippen molar-refractivity contribution in [2.75, 3.05) is 0 Å². The third-order valence-electron chi connectivity index (χ3n) is 3.87. The monoisotopic (exact) mass is 410 g/mol. The predicted octanol–water partition coefficient (Wildman–Crippen LogP) is 5.72. The predicted molar refractivity (Wildman–Crippen MR) is 99.9 cm³/mol. The molecule has 0 fully saturated rings. The van der Waals surface area contributed by atoms with Crippen LogP contribution in [-0.2, 0) is 12.7 Å². The number of amides is 1. The normalized spacial score (nSPS) is 11.4. The van der Waals surface area contributed by atoms with Gasteiger partial charge in [-0.3, -0.25) is 4.79 Å². The first-order valence-corrected chi connectivity index (χ1v) is 9.11. The number of rotatable bonds is 4. The molecule has 1 amide bonds. The van der Waals surface area contributed by atoms with Crippen LogP contribution in [0.4, 0.5) is 13.2 Å². The topological polar surface area (TPSA) is 42.0 Å². The van der Waals surface area contributed by atoms with Crippen LogP contribution in [0.5, 0.6) is 0 Å². The molecule has 0 atom stereocenters. The summed E-state index contributed by atoms with van der Waals surface area (Å²) in [6.45, 7) is 2.08. The lowest BCUT2D eigenvalue weighted by Gasteiger charge is -2.06. The van der Waals surface area contributed by atoms with E-state index in [-0.39, 0.29) is 12.5 Å². The van der Waals surface area contributed by atoms with Gasteiger partial charge in [0.25, 0.3) is 5.91 Å². The summed E-state index contributed by atoms with van der Waals surface area (Å²) in [6, 6.07) is 11.4. The van der Waals surface area contributed by atoms with Gasteiger partial charge in [0.2, 0.25) is 0 Å². The number of carbonyl (C=O) groups is 1. The summed E-state index contributed by atoms with van der Waals surface area (Å²) in [5, 5.41) is 3.96. The highest BCUT2D eigenvalue weighted by molar-refractivity contribution is 7.15. The Hall–Kier alpha value is -2.38. The van der Waals surface area contributed by atoms with Crippen molar-refractivity contribution in [3.05, 3.63) is 75.3 Å². The number of carbonyl (C=O) groups excluding carboxylic acids is 1. The lowest BCUT2D eigenvalue weighted by Crippen LogP contribution is -2.22. The summed E-state index contributed by atoms with van der Waals surface area (Å²) >= 11 is 7.14. The van der Waals surface area contributed by atoms with Crippen LogP contribution < -0.4 is 5.32 Å². The SMILES string of the molecule is Cc1nc(-c2ccc(C(F)(F)F)cc2)sc1CNC(=O)c1ccc(Cl)cc1. The number of aryl methyl sites for hydroxylation is 1. The standard InChI is InChI=1S/C19H14ClF3N2OS/c1-11-16(10-24-17(26)12-4-8-15(20)9-5-12)27-18(25-11)13-2-6-14(7-3-13)19(21,22)23/h2-9H,10H2,1H3,(H,24,26). The van der Waals surface area contributed by atoms with Crippen molar-refractivity contribution in [3.8, 4) is 10.6 Å². The molecular weight excluding hydrogens is 397 g/mol. The molecule has 2 aromatic carbocycles. The zero-order valence-corrected chi connectivity index (χ0v) is 15.7. The molecule has 1 heterocycles. The average molecular weight is 411 g/mol. The van der Waals surface area contributed by atoms with Crippen molar-refractivity contribution < 1.29 is 18.0 Å². The largest absolute Gasteiger partial charge is 0.416 e. The van der Waals surface area contributed by atoms with Gasteiger partial charge in [-0.1, -0.05) is 23.7 Å². The zero-order valence-electron chi connectivity index (χ0n) is 14.1. The molecule has 0 saturated heterocycles. The molecule has 0 aliphatic heterocycles. The summed E-state index contributed by atoms with van der Waals surface area (Å²) in [7, 11) is 0. The lowest BCUT2D eigenvalue weighted by molar-refractivity contribution is -0.137. The van der Waals surface area contributed by atoms with Crippen LogP contribution in [0, 0.1) is 6.92 Å². The van der Waals surface area contributed by atoms with Gasteiger partial charge >= 0.3 is 6.18 Å². The number of nitrogens with zero attached hydrogens (tertiary/aromatic N) is 1. The Morgan fingerprint density at radius 2 is 1.74 bits per heavy atom. The van der Waals surface area contributed by atoms with E-state index in [9.17, 15) is 18.0 Å². The Balaban J connectivity index is 1.71. The van der Waals surface area contributed by atoms with Gasteiger partial charge in [0.05, 0.1) is 17.8 Å². The second-order valence-electron chi connectivity index (χ2n) is 5.79. The fourth-order valence-corrected chi connectivity index (χ4v) is 3.51. The molecule has 140 valence electrons. The molecule has 3 aromatic rings. The molecule has 0 spiro atoms. The molecule has 1 N–H and O–H groups in total. The summed E-state index contributed by atoms with van der Waals surface area (Å²) < 4.78 is 38.0. The van der Waals surface area contributed by atoms with Crippen LogP contribution in [0.2, 0.25) is 5.02 Å². The highest BCUT2D eigenvalue weighted by Gasteiger charge is 2.30. The highest BCUT2D eigenvalue weighted by Crippen LogP contribution is 2.33. The van der Waals surface area contributed by atoms with Crippen molar-refractivity contribution in [1.82, 2.24) is 10.3 Å². The molecule has 1 aromatic heterocycles. The molecule has 0 saturated carbocycles. The minimum absolute atomic E-state index is 0.240. The third kappa shape index (κ3) is 4.67. The molecule has 3 nitrogen and oxygen atoms in total. The molecule has 3 rings (SSSR count). The smallest absolute Gasteiger partial charge is 0.347 e. The molecule has 0 aliphatic carbocycles. The molecule has 0 radical (unpaired) electrons. The molecule has 0 bridgehead atoms. The summed E-state index contributed by atoms with van der Waals surface area (Å²) in [6.07, 6.45) is -4.37. The second kappa shape index (κ2) is 7.70. The van der Waals surface area contributed by atoms with Gasteiger partial charge in [-0.15, -0.1) is 11.3 Å². The van der Waals surface area contributed by atoms with E-state index < -0.39 is 11.7 Å². The van der Waals surface area contributed by atoms with Gasteiger partial charge in [-0.2, -0.15) is 13.2 Å². The molecule has 0 unspecified atom stereocenters.